The van der Waals surface area contributed by atoms with E-state index in [2.05, 4.69) is 46.1 Å². The Morgan fingerprint density at radius 3 is 2.40 bits per heavy atom. The lowest BCUT2D eigenvalue weighted by Gasteiger charge is -2.31. The van der Waals surface area contributed by atoms with Crippen LogP contribution < -0.4 is 5.56 Å². The highest BCUT2D eigenvalue weighted by atomic mass is 19.1. The van der Waals surface area contributed by atoms with E-state index in [1.54, 1.807) is 25.3 Å². The summed E-state index contributed by atoms with van der Waals surface area (Å²) in [6.07, 6.45) is 7.73. The van der Waals surface area contributed by atoms with Crippen LogP contribution in [0.5, 0.6) is 0 Å². The van der Waals surface area contributed by atoms with Crippen LogP contribution in [0.4, 0.5) is 4.39 Å². The molecule has 3 heterocycles. The molecule has 2 atom stereocenters. The second kappa shape index (κ2) is 19.7. The summed E-state index contributed by atoms with van der Waals surface area (Å²) in [5.41, 5.74) is 2.70. The van der Waals surface area contributed by atoms with E-state index in [-0.39, 0.29) is 11.1 Å². The summed E-state index contributed by atoms with van der Waals surface area (Å²) < 4.78 is 18.5. The number of aromatic amines is 1. The zero-order valence-electron chi connectivity index (χ0n) is 28.5. The lowest BCUT2D eigenvalue weighted by atomic mass is 9.89. The first kappa shape index (κ1) is 37.6. The Labute approximate surface area is 269 Å². The Morgan fingerprint density at radius 2 is 1.73 bits per heavy atom. The van der Waals surface area contributed by atoms with Crippen molar-refractivity contribution in [1.82, 2.24) is 20.0 Å². The lowest BCUT2D eigenvalue weighted by Crippen LogP contribution is -2.37. The molecule has 0 amide bonds. The highest BCUT2D eigenvalue weighted by Crippen LogP contribution is 2.31. The van der Waals surface area contributed by atoms with Gasteiger partial charge in [-0.3, -0.25) is 14.5 Å². The van der Waals surface area contributed by atoms with E-state index >= 15 is 0 Å². The molecule has 2 saturated heterocycles. The van der Waals surface area contributed by atoms with E-state index in [4.69, 9.17) is 4.74 Å². The maximum absolute atomic E-state index is 13.3. The number of aromatic nitrogens is 2. The predicted molar refractivity (Wildman–Crippen MR) is 184 cm³/mol. The van der Waals surface area contributed by atoms with Crippen LogP contribution in [-0.4, -0.2) is 73.2 Å². The van der Waals surface area contributed by atoms with Gasteiger partial charge in [0.1, 0.15) is 5.82 Å². The van der Waals surface area contributed by atoms with Gasteiger partial charge >= 0.3 is 0 Å². The third kappa shape index (κ3) is 11.0. The first-order valence-electron chi connectivity index (χ1n) is 16.3. The smallest absolute Gasteiger partial charge is 0.272 e. The number of fused-ring (bicyclic) bond motifs is 2. The van der Waals surface area contributed by atoms with Crippen molar-refractivity contribution in [2.24, 2.45) is 11.8 Å². The molecule has 5 rings (SSSR count). The molecule has 8 heteroatoms. The molecule has 7 nitrogen and oxygen atoms in total. The quantitative estimate of drug-likeness (QED) is 0.162. The lowest BCUT2D eigenvalue weighted by molar-refractivity contribution is 0.111. The summed E-state index contributed by atoms with van der Waals surface area (Å²) in [6.45, 7) is 18.5. The van der Waals surface area contributed by atoms with Crippen molar-refractivity contribution in [3.63, 3.8) is 0 Å². The third-order valence-corrected chi connectivity index (χ3v) is 8.17. The number of benzene rings is 2. The number of aldehydes is 1. The number of hydrogen-bond acceptors (Lipinski definition) is 6. The van der Waals surface area contributed by atoms with Crippen molar-refractivity contribution in [2.45, 2.75) is 60.8 Å². The van der Waals surface area contributed by atoms with Gasteiger partial charge in [0.2, 0.25) is 0 Å². The van der Waals surface area contributed by atoms with E-state index < -0.39 is 5.82 Å². The van der Waals surface area contributed by atoms with Crippen molar-refractivity contribution >= 4 is 17.1 Å². The molecule has 3 aromatic rings. The number of piperidine rings is 1. The van der Waals surface area contributed by atoms with Crippen molar-refractivity contribution in [2.75, 3.05) is 46.9 Å². The second-order valence-corrected chi connectivity index (χ2v) is 11.1. The summed E-state index contributed by atoms with van der Waals surface area (Å²) >= 11 is 0. The molecule has 2 fully saturated rings. The molecule has 0 spiro atoms. The van der Waals surface area contributed by atoms with E-state index in [0.717, 1.165) is 41.5 Å². The molecule has 0 radical (unpaired) electrons. The largest absolute Gasteiger partial charge is 0.501 e. The van der Waals surface area contributed by atoms with Gasteiger partial charge < -0.3 is 9.64 Å². The molecule has 2 aliphatic heterocycles. The number of halogens is 1. The van der Waals surface area contributed by atoms with Crippen molar-refractivity contribution in [3.8, 4) is 0 Å². The normalized spacial score (nSPS) is 18.4. The fourth-order valence-corrected chi connectivity index (χ4v) is 5.74. The molecule has 45 heavy (non-hydrogen) atoms. The molecule has 246 valence electrons. The van der Waals surface area contributed by atoms with E-state index in [1.165, 1.54) is 50.3 Å². The number of likely N-dealkylation sites (tertiary alicyclic amines) is 2. The number of allylic oxidation sites excluding steroid dienone is 3. The Morgan fingerprint density at radius 1 is 1.04 bits per heavy atom. The van der Waals surface area contributed by atoms with Gasteiger partial charge in [0, 0.05) is 38.0 Å². The van der Waals surface area contributed by atoms with Gasteiger partial charge in [-0.1, -0.05) is 70.5 Å². The number of rotatable bonds is 8. The van der Waals surface area contributed by atoms with Crippen LogP contribution >= 0.6 is 0 Å². The molecule has 0 aliphatic carbocycles. The van der Waals surface area contributed by atoms with Crippen LogP contribution in [0.15, 0.2) is 70.7 Å². The topological polar surface area (TPSA) is 78.5 Å². The molecule has 2 aliphatic rings. The highest BCUT2D eigenvalue weighted by molar-refractivity contribution is 5.83. The highest BCUT2D eigenvalue weighted by Gasteiger charge is 2.35. The molecule has 2 unspecified atom stereocenters. The molecular weight excluding hydrogens is 567 g/mol. The molecule has 2 aromatic carbocycles. The fraction of sp³-hybridized carbons (Fsp3) is 0.486. The first-order valence-corrected chi connectivity index (χ1v) is 16.3. The molecule has 1 N–H and O–H groups in total. The Hall–Kier alpha value is -3.62. The number of ether oxygens (including phenoxy) is 1. The number of nitrogens with zero attached hydrogens (tertiary/aromatic N) is 3. The van der Waals surface area contributed by atoms with Crippen molar-refractivity contribution < 1.29 is 13.9 Å². The monoisotopic (exact) mass is 620 g/mol. The Balaban J connectivity index is 0.000000283. The predicted octanol–water partition coefficient (Wildman–Crippen LogP) is 7.27. The Bertz CT molecular complexity index is 1470. The SMILES string of the molecule is CC.CC.CC/C(=C\C=C(/C)OC)CN1CC2CCN(C)CC2C1.O=Cc1cc(Cc2n[nH]c(=O)c3ccccc23)ccc1F. The summed E-state index contributed by atoms with van der Waals surface area (Å²) in [7, 11) is 3.99. The fourth-order valence-electron chi connectivity index (χ4n) is 5.74. The van der Waals surface area contributed by atoms with Crippen molar-refractivity contribution in [1.29, 1.82) is 0 Å². The third-order valence-electron chi connectivity index (χ3n) is 8.17. The van der Waals surface area contributed by atoms with E-state index in [9.17, 15) is 14.0 Å². The maximum atomic E-state index is 13.3. The number of H-pyrrole nitrogens is 1. The number of carbonyl (C=O) groups is 1. The van der Waals surface area contributed by atoms with Gasteiger partial charge in [0.25, 0.3) is 5.56 Å². The summed E-state index contributed by atoms with van der Waals surface area (Å²) in [4.78, 5) is 27.6. The van der Waals surface area contributed by atoms with Crippen LogP contribution in [0.2, 0.25) is 0 Å². The van der Waals surface area contributed by atoms with Crippen LogP contribution in [0.3, 0.4) is 0 Å². The van der Waals surface area contributed by atoms with Crippen LogP contribution in [0.25, 0.3) is 10.8 Å². The zero-order chi connectivity index (χ0) is 33.4. The maximum Gasteiger partial charge on any atom is 0.272 e. The van der Waals surface area contributed by atoms with Crippen LogP contribution in [0, 0.1) is 17.7 Å². The van der Waals surface area contributed by atoms with E-state index in [0.29, 0.717) is 23.8 Å². The number of hydrogen-bond donors (Lipinski definition) is 1. The van der Waals surface area contributed by atoms with Gasteiger partial charge in [0.15, 0.2) is 6.29 Å². The molecule has 0 bridgehead atoms. The van der Waals surface area contributed by atoms with Crippen LogP contribution in [0.1, 0.15) is 76.0 Å². The minimum Gasteiger partial charge on any atom is -0.501 e. The minimum atomic E-state index is -0.548. The summed E-state index contributed by atoms with van der Waals surface area (Å²) in [6, 6.07) is 11.5. The van der Waals surface area contributed by atoms with Gasteiger partial charge in [-0.05, 0) is 75.0 Å². The summed E-state index contributed by atoms with van der Waals surface area (Å²) in [5.74, 6) is 2.25. The van der Waals surface area contributed by atoms with Gasteiger partial charge in [-0.2, -0.15) is 5.10 Å². The number of nitrogens with one attached hydrogen (secondary N) is 1. The zero-order valence-corrected chi connectivity index (χ0v) is 28.5. The van der Waals surface area contributed by atoms with Gasteiger partial charge in [-0.15, -0.1) is 0 Å². The second-order valence-electron chi connectivity index (χ2n) is 11.1. The van der Waals surface area contributed by atoms with Crippen LogP contribution in [-0.2, 0) is 11.2 Å². The van der Waals surface area contributed by atoms with Gasteiger partial charge in [0.05, 0.1) is 29.5 Å². The molecule has 0 saturated carbocycles. The standard InChI is InChI=1S/C17H30N2O.C16H11FN2O2.2C2H6/c1-5-15(7-6-14(2)20-4)10-19-12-16-8-9-18(3)11-17(16)13-19;17-14-6-5-10(7-11(14)9-20)8-15-12-3-1-2-4-13(12)16(21)19-18-15;2*1-2/h6-7,16-17H,5,8-13H2,1-4H3;1-7,9H,8H2,(H,19,21);2*1-2H3/b14-6+,15-7+;;;. The Kier molecular flexibility index (Phi) is 16.4. The number of methoxy groups -OCH3 is 1. The molecule has 1 aromatic heterocycles. The van der Waals surface area contributed by atoms with Crippen molar-refractivity contribution in [3.05, 3.63) is 98.9 Å². The van der Waals surface area contributed by atoms with E-state index in [1.807, 2.05) is 46.8 Å². The van der Waals surface area contributed by atoms with Gasteiger partial charge in [-0.25, -0.2) is 9.49 Å². The average molecular weight is 621 g/mol. The summed E-state index contributed by atoms with van der Waals surface area (Å²) in [5, 5.41) is 7.82. The number of carbonyl (C=O) groups excluding carboxylic acids is 1. The molecular formula is C37H53FN4O3. The average Bonchev–Trinajstić information content (AvgIpc) is 3.48. The minimum absolute atomic E-state index is 0.0150. The first-order chi connectivity index (χ1) is 21.8.